The fraction of sp³-hybridized carbons (Fsp3) is 0.375. The quantitative estimate of drug-likeness (QED) is 0.342. The summed E-state index contributed by atoms with van der Waals surface area (Å²) in [5.41, 5.74) is -4.35. The van der Waals surface area contributed by atoms with Gasteiger partial charge in [-0.1, -0.05) is 36.4 Å². The van der Waals surface area contributed by atoms with Gasteiger partial charge in [0.2, 0.25) is 5.91 Å². The van der Waals surface area contributed by atoms with Crippen molar-refractivity contribution in [2.24, 2.45) is 4.99 Å². The first-order valence-corrected chi connectivity index (χ1v) is 16.1. The van der Waals surface area contributed by atoms with Crippen LogP contribution >= 0.6 is 0 Å². The van der Waals surface area contributed by atoms with E-state index in [1.807, 2.05) is 31.2 Å². The van der Waals surface area contributed by atoms with E-state index in [1.54, 1.807) is 4.90 Å². The maximum absolute atomic E-state index is 14.0. The van der Waals surface area contributed by atoms with Crippen molar-refractivity contribution < 1.29 is 49.1 Å². The zero-order valence-electron chi connectivity index (χ0n) is 24.7. The van der Waals surface area contributed by atoms with Crippen LogP contribution in [0.2, 0.25) is 0 Å². The van der Waals surface area contributed by atoms with Crippen LogP contribution in [0.3, 0.4) is 0 Å². The molecule has 1 N–H and O–H groups in total. The molecule has 250 valence electrons. The molecule has 0 aliphatic carbocycles. The summed E-state index contributed by atoms with van der Waals surface area (Å²) in [6, 6.07) is 11.8. The highest BCUT2D eigenvalue weighted by Gasteiger charge is 2.71. The first-order valence-electron chi connectivity index (χ1n) is 14.6. The molecule has 3 atom stereocenters. The Hall–Kier alpha value is -3.98. The van der Waals surface area contributed by atoms with E-state index in [-0.39, 0.29) is 49.0 Å². The number of benzene rings is 3. The van der Waals surface area contributed by atoms with Gasteiger partial charge in [0.1, 0.15) is 5.82 Å². The number of rotatable bonds is 5. The summed E-state index contributed by atoms with van der Waals surface area (Å²) >= 11 is 0. The molecule has 0 aromatic heterocycles. The van der Waals surface area contributed by atoms with Crippen LogP contribution in [0.1, 0.15) is 47.9 Å². The van der Waals surface area contributed by atoms with Crippen LogP contribution in [0.15, 0.2) is 76.6 Å². The van der Waals surface area contributed by atoms with E-state index in [4.69, 9.17) is 4.99 Å². The van der Waals surface area contributed by atoms with Gasteiger partial charge >= 0.3 is 12.4 Å². The zero-order valence-corrected chi connectivity index (χ0v) is 25.5. The number of sulfonamides is 1. The topological polar surface area (TPSA) is 90.3 Å². The Labute approximate surface area is 265 Å². The first-order chi connectivity index (χ1) is 21.9. The summed E-state index contributed by atoms with van der Waals surface area (Å²) < 4.78 is 124. The third kappa shape index (κ3) is 5.46. The molecule has 3 aromatic carbocycles. The van der Waals surface area contributed by atoms with Gasteiger partial charge in [-0.15, -0.1) is 0 Å². The van der Waals surface area contributed by atoms with Crippen molar-refractivity contribution in [2.75, 3.05) is 17.4 Å². The molecule has 0 saturated carbocycles. The van der Waals surface area contributed by atoms with Gasteiger partial charge in [-0.05, 0) is 66.8 Å². The molecule has 3 aromatic rings. The molecule has 0 bridgehead atoms. The average molecular weight is 684 g/mol. The Morgan fingerprint density at radius 1 is 0.957 bits per heavy atom. The minimum absolute atomic E-state index is 0.0792. The first kappa shape index (κ1) is 32.9. The number of anilines is 1. The van der Waals surface area contributed by atoms with Gasteiger partial charge in [-0.2, -0.15) is 26.3 Å². The number of aliphatic imine (C=N–C) groups is 1. The minimum atomic E-state index is -6.14. The number of amides is 1. The van der Waals surface area contributed by atoms with Crippen LogP contribution in [-0.2, 0) is 26.8 Å². The highest BCUT2D eigenvalue weighted by atomic mass is 32.2. The molecule has 3 unspecified atom stereocenters. The molecule has 3 aliphatic heterocycles. The number of carbonyl (C=O) groups is 1. The number of nitrogens with zero attached hydrogens (tertiary/aromatic N) is 3. The second kappa shape index (κ2) is 11.3. The lowest BCUT2D eigenvalue weighted by Gasteiger charge is -2.39. The second-order valence-electron chi connectivity index (χ2n) is 12.0. The van der Waals surface area contributed by atoms with E-state index in [0.717, 1.165) is 51.5 Å². The van der Waals surface area contributed by atoms with Crippen molar-refractivity contribution in [3.05, 3.63) is 94.8 Å². The lowest BCUT2D eigenvalue weighted by molar-refractivity contribution is -0.376. The Morgan fingerprint density at radius 3 is 2.28 bits per heavy atom. The summed E-state index contributed by atoms with van der Waals surface area (Å²) in [5, 5.41) is 9.97. The third-order valence-corrected chi connectivity index (χ3v) is 11.0. The van der Waals surface area contributed by atoms with E-state index in [9.17, 15) is 49.1 Å². The number of carbonyl (C=O) groups excluding carboxylic acids is 1. The lowest BCUT2D eigenvalue weighted by atomic mass is 9.86. The molecule has 6 rings (SSSR count). The van der Waals surface area contributed by atoms with Gasteiger partial charge in [0.05, 0.1) is 22.7 Å². The predicted octanol–water partition coefficient (Wildman–Crippen LogP) is 5.86. The summed E-state index contributed by atoms with van der Waals surface area (Å²) in [7, 11) is -4.62. The van der Waals surface area contributed by atoms with Crippen molar-refractivity contribution in [3.63, 3.8) is 0 Å². The third-order valence-electron chi connectivity index (χ3n) is 9.17. The van der Waals surface area contributed by atoms with E-state index >= 15 is 0 Å². The average Bonchev–Trinajstić information content (AvgIpc) is 3.44. The zero-order chi connectivity index (χ0) is 34.1. The number of halogens is 7. The van der Waals surface area contributed by atoms with Crippen LogP contribution in [-0.4, -0.2) is 67.6 Å². The highest BCUT2D eigenvalue weighted by Crippen LogP contribution is 2.51. The van der Waals surface area contributed by atoms with Crippen LogP contribution in [0.4, 0.5) is 36.4 Å². The number of aliphatic hydroxyl groups is 1. The number of hydrogen-bond acceptors (Lipinski definition) is 5. The highest BCUT2D eigenvalue weighted by molar-refractivity contribution is 7.92. The van der Waals surface area contributed by atoms with Crippen molar-refractivity contribution in [1.29, 1.82) is 0 Å². The molecular weight excluding hydrogens is 655 g/mol. The summed E-state index contributed by atoms with van der Waals surface area (Å²) in [6.07, 6.45) is -13.0. The minimum Gasteiger partial charge on any atom is -0.369 e. The fourth-order valence-corrected chi connectivity index (χ4v) is 8.52. The monoisotopic (exact) mass is 683 g/mol. The molecule has 0 radical (unpaired) electrons. The summed E-state index contributed by atoms with van der Waals surface area (Å²) in [4.78, 5) is 19.7. The predicted molar refractivity (Wildman–Crippen MR) is 157 cm³/mol. The smallest absolute Gasteiger partial charge is 0.369 e. The van der Waals surface area contributed by atoms with Gasteiger partial charge in [-0.3, -0.25) is 14.1 Å². The largest absolute Gasteiger partial charge is 0.430 e. The number of fused-ring (bicyclic) bond motifs is 4. The van der Waals surface area contributed by atoms with E-state index in [2.05, 4.69) is 0 Å². The van der Waals surface area contributed by atoms with E-state index < -0.39 is 56.2 Å². The normalized spacial score (nSPS) is 21.6. The van der Waals surface area contributed by atoms with Crippen LogP contribution in [0, 0.1) is 5.82 Å². The molecule has 3 aliphatic rings. The van der Waals surface area contributed by atoms with Gasteiger partial charge in [-0.25, -0.2) is 12.8 Å². The molecule has 1 amide bonds. The second-order valence-corrected chi connectivity index (χ2v) is 13.8. The van der Waals surface area contributed by atoms with Crippen LogP contribution in [0.5, 0.6) is 0 Å². The summed E-state index contributed by atoms with van der Waals surface area (Å²) in [5.74, 6) is -1.23. The van der Waals surface area contributed by atoms with Gasteiger partial charge in [0.25, 0.3) is 15.6 Å². The Balaban J connectivity index is 1.35. The van der Waals surface area contributed by atoms with E-state index in [0.29, 0.717) is 18.7 Å². The maximum atomic E-state index is 14.0. The molecular formula is C32H28F7N3O4S. The lowest BCUT2D eigenvalue weighted by Crippen LogP contribution is -2.54. The molecule has 1 fully saturated rings. The fourth-order valence-electron chi connectivity index (χ4n) is 6.81. The number of aryl methyl sites for hydroxylation is 1. The standard InChI is InChI=1S/C32H28F7N3O4S/c1-18-24-4-2-3-5-25(24)26-16-41(17-27(26)40-18)29(43)15-22-10-6-19-14-20(30(44,31(34,35)36)32(37,38)39)7-13-28(19)42(22)47(45,46)23-11-8-21(33)9-12-23/h2-5,7-9,11-14,22,26-27,44H,6,10,15-17H2,1H3. The van der Waals surface area contributed by atoms with Gasteiger partial charge in [0.15, 0.2) is 0 Å². The van der Waals surface area contributed by atoms with Crippen molar-refractivity contribution in [3.8, 4) is 0 Å². The molecule has 7 nitrogen and oxygen atoms in total. The van der Waals surface area contributed by atoms with E-state index in [1.165, 1.54) is 0 Å². The maximum Gasteiger partial charge on any atom is 0.430 e. The molecule has 15 heteroatoms. The van der Waals surface area contributed by atoms with Gasteiger partial charge < -0.3 is 10.0 Å². The van der Waals surface area contributed by atoms with Crippen LogP contribution in [0.25, 0.3) is 0 Å². The molecule has 3 heterocycles. The number of hydrogen-bond donors (Lipinski definition) is 1. The summed E-state index contributed by atoms with van der Waals surface area (Å²) in [6.45, 7) is 2.48. The Kier molecular flexibility index (Phi) is 7.94. The van der Waals surface area contributed by atoms with Crippen molar-refractivity contribution in [2.45, 2.75) is 67.0 Å². The SMILES string of the molecule is CC1=NC2CN(C(=O)CC3CCc4cc(C(O)(C(F)(F)F)C(F)(F)F)ccc4N3S(=O)(=O)c3ccc(F)cc3)CC2c2ccccc21. The molecule has 47 heavy (non-hydrogen) atoms. The van der Waals surface area contributed by atoms with Crippen LogP contribution < -0.4 is 4.31 Å². The van der Waals surface area contributed by atoms with Crippen molar-refractivity contribution >= 4 is 27.3 Å². The number of alkyl halides is 6. The Morgan fingerprint density at radius 2 is 1.62 bits per heavy atom. The molecule has 1 saturated heterocycles. The van der Waals surface area contributed by atoms with Crippen molar-refractivity contribution in [1.82, 2.24) is 4.90 Å². The number of likely N-dealkylation sites (tertiary alicyclic amines) is 1. The molecule has 0 spiro atoms. The van der Waals surface area contributed by atoms with Gasteiger partial charge in [0, 0.05) is 36.7 Å². The Bertz CT molecular complexity index is 1850.